The second-order valence-electron chi connectivity index (χ2n) is 9.91. The third-order valence-corrected chi connectivity index (χ3v) is 7.18. The molecule has 4 aromatic rings. The molecular weight excluding hydrogens is 490 g/mol. The van der Waals surface area contributed by atoms with E-state index in [0.717, 1.165) is 54.3 Å². The molecule has 0 aliphatic carbocycles. The molecule has 1 fully saturated rings. The normalized spacial score (nSPS) is 13.7. The zero-order valence-electron chi connectivity index (χ0n) is 22.1. The smallest absolute Gasteiger partial charge is 0.257 e. The number of anilines is 5. The van der Waals surface area contributed by atoms with E-state index >= 15 is 0 Å². The number of aryl methyl sites for hydroxylation is 1. The summed E-state index contributed by atoms with van der Waals surface area (Å²) in [5.74, 6) is -0.312. The molecule has 5 rings (SSSR count). The molecular formula is C31H33N5O3. The van der Waals surface area contributed by atoms with Crippen LogP contribution in [0.1, 0.15) is 44.8 Å². The number of carbonyl (C=O) groups is 2. The molecule has 0 spiro atoms. The number of aromatic amines is 1. The number of aromatic nitrogens is 1. The number of hydrogen-bond acceptors (Lipinski definition) is 5. The van der Waals surface area contributed by atoms with Crippen molar-refractivity contribution in [1.82, 2.24) is 4.98 Å². The van der Waals surface area contributed by atoms with Crippen molar-refractivity contribution in [3.8, 4) is 0 Å². The summed E-state index contributed by atoms with van der Waals surface area (Å²) < 4.78 is 0. The minimum Gasteiger partial charge on any atom is -0.393 e. The van der Waals surface area contributed by atoms with Crippen LogP contribution >= 0.6 is 0 Å². The summed E-state index contributed by atoms with van der Waals surface area (Å²) in [6.45, 7) is 5.50. The second-order valence-corrected chi connectivity index (χ2v) is 9.91. The van der Waals surface area contributed by atoms with Crippen LogP contribution in [-0.2, 0) is 0 Å². The summed E-state index contributed by atoms with van der Waals surface area (Å²) in [5, 5.41) is 18.9. The largest absolute Gasteiger partial charge is 0.393 e. The van der Waals surface area contributed by atoms with Gasteiger partial charge in [-0.15, -0.1) is 0 Å². The van der Waals surface area contributed by atoms with Crippen LogP contribution < -0.4 is 20.9 Å². The van der Waals surface area contributed by atoms with E-state index in [9.17, 15) is 14.7 Å². The van der Waals surface area contributed by atoms with E-state index in [0.29, 0.717) is 22.5 Å². The van der Waals surface area contributed by atoms with Gasteiger partial charge in [-0.1, -0.05) is 0 Å². The fraction of sp³-hybridized carbons (Fsp3) is 0.226. The molecule has 39 heavy (non-hydrogen) atoms. The quantitative estimate of drug-likeness (QED) is 0.209. The van der Waals surface area contributed by atoms with Gasteiger partial charge in [-0.25, -0.2) is 0 Å². The standard InChI is InChI=1S/C31H33N5O3/c1-20-21(2)32-19-29(20)31(39)35-26-11-7-24(8-12-26)33-23-5-9-25(10-6-23)34-30(38)22-3-13-27(14-4-22)36-17-15-28(37)16-18-36/h3-14,19,28,32-33,37H,15-18H2,1-2H3,(H,34,38)(H,35,39). The highest BCUT2D eigenvalue weighted by molar-refractivity contribution is 6.05. The third kappa shape index (κ3) is 6.30. The van der Waals surface area contributed by atoms with E-state index in [-0.39, 0.29) is 17.9 Å². The van der Waals surface area contributed by atoms with E-state index in [1.54, 1.807) is 6.20 Å². The number of H-pyrrole nitrogens is 1. The highest BCUT2D eigenvalue weighted by atomic mass is 16.3. The molecule has 3 aromatic carbocycles. The molecule has 2 amide bonds. The Bertz CT molecular complexity index is 1440. The number of aliphatic hydroxyl groups is 1. The summed E-state index contributed by atoms with van der Waals surface area (Å²) in [6, 6.07) is 22.6. The van der Waals surface area contributed by atoms with Gasteiger partial charge in [0, 0.05) is 59.0 Å². The molecule has 0 unspecified atom stereocenters. The minimum atomic E-state index is -0.211. The fourth-order valence-corrected chi connectivity index (χ4v) is 4.62. The van der Waals surface area contributed by atoms with Crippen LogP contribution in [0, 0.1) is 13.8 Å². The average molecular weight is 524 g/mol. The van der Waals surface area contributed by atoms with E-state index in [1.165, 1.54) is 0 Å². The van der Waals surface area contributed by atoms with Crippen LogP contribution in [-0.4, -0.2) is 41.1 Å². The first-order chi connectivity index (χ1) is 18.9. The van der Waals surface area contributed by atoms with E-state index < -0.39 is 0 Å². The van der Waals surface area contributed by atoms with E-state index in [2.05, 4.69) is 25.8 Å². The maximum Gasteiger partial charge on any atom is 0.257 e. The van der Waals surface area contributed by atoms with Crippen LogP contribution in [0.4, 0.5) is 28.4 Å². The molecule has 2 heterocycles. The number of piperidine rings is 1. The second kappa shape index (κ2) is 11.4. The first kappa shape index (κ1) is 26.1. The predicted octanol–water partition coefficient (Wildman–Crippen LogP) is 5.84. The van der Waals surface area contributed by atoms with Crippen LogP contribution in [0.15, 0.2) is 79.0 Å². The molecule has 8 nitrogen and oxygen atoms in total. The Morgan fingerprint density at radius 2 is 1.28 bits per heavy atom. The van der Waals surface area contributed by atoms with Crippen molar-refractivity contribution in [2.75, 3.05) is 33.9 Å². The summed E-state index contributed by atoms with van der Waals surface area (Å²) >= 11 is 0. The van der Waals surface area contributed by atoms with Gasteiger partial charge < -0.3 is 30.9 Å². The third-order valence-electron chi connectivity index (χ3n) is 7.18. The number of benzene rings is 3. The van der Waals surface area contributed by atoms with Crippen LogP contribution in [0.2, 0.25) is 0 Å². The Morgan fingerprint density at radius 1 is 0.769 bits per heavy atom. The zero-order chi connectivity index (χ0) is 27.4. The number of carbonyl (C=O) groups excluding carboxylic acids is 2. The Morgan fingerprint density at radius 3 is 1.79 bits per heavy atom. The van der Waals surface area contributed by atoms with Gasteiger partial charge in [0.15, 0.2) is 0 Å². The maximum atomic E-state index is 12.7. The lowest BCUT2D eigenvalue weighted by Gasteiger charge is -2.31. The number of hydrogen-bond donors (Lipinski definition) is 5. The number of nitrogens with zero attached hydrogens (tertiary/aromatic N) is 1. The number of nitrogens with one attached hydrogen (secondary N) is 4. The Balaban J connectivity index is 1.13. The van der Waals surface area contributed by atoms with Crippen LogP contribution in [0.5, 0.6) is 0 Å². The van der Waals surface area contributed by atoms with Gasteiger partial charge in [-0.2, -0.15) is 0 Å². The molecule has 1 aliphatic rings. The fourth-order valence-electron chi connectivity index (χ4n) is 4.62. The van der Waals surface area contributed by atoms with Gasteiger partial charge in [0.1, 0.15) is 0 Å². The Kier molecular flexibility index (Phi) is 7.65. The monoisotopic (exact) mass is 523 g/mol. The zero-order valence-corrected chi connectivity index (χ0v) is 22.1. The van der Waals surface area contributed by atoms with Crippen molar-refractivity contribution < 1.29 is 14.7 Å². The van der Waals surface area contributed by atoms with Gasteiger partial charge in [-0.05, 0) is 105 Å². The molecule has 5 N–H and O–H groups in total. The number of aliphatic hydroxyl groups excluding tert-OH is 1. The minimum absolute atomic E-state index is 0.145. The summed E-state index contributed by atoms with van der Waals surface area (Å²) in [7, 11) is 0. The Hall–Kier alpha value is -4.56. The van der Waals surface area contributed by atoms with Gasteiger partial charge in [-0.3, -0.25) is 9.59 Å². The van der Waals surface area contributed by atoms with Crippen molar-refractivity contribution in [1.29, 1.82) is 0 Å². The molecule has 0 atom stereocenters. The van der Waals surface area contributed by atoms with Crippen LogP contribution in [0.3, 0.4) is 0 Å². The lowest BCUT2D eigenvalue weighted by Crippen LogP contribution is -2.35. The summed E-state index contributed by atoms with van der Waals surface area (Å²) in [6.07, 6.45) is 3.05. The topological polar surface area (TPSA) is 109 Å². The maximum absolute atomic E-state index is 12.7. The molecule has 1 saturated heterocycles. The van der Waals surface area contributed by atoms with Crippen molar-refractivity contribution in [2.45, 2.75) is 32.8 Å². The first-order valence-electron chi connectivity index (χ1n) is 13.1. The molecule has 8 heteroatoms. The number of amides is 2. The highest BCUT2D eigenvalue weighted by Crippen LogP contribution is 2.23. The van der Waals surface area contributed by atoms with Gasteiger partial charge in [0.25, 0.3) is 11.8 Å². The molecule has 200 valence electrons. The summed E-state index contributed by atoms with van der Waals surface area (Å²) in [4.78, 5) is 30.6. The first-order valence-corrected chi connectivity index (χ1v) is 13.1. The highest BCUT2D eigenvalue weighted by Gasteiger charge is 2.17. The van der Waals surface area contributed by atoms with Crippen molar-refractivity contribution in [3.05, 3.63) is 101 Å². The van der Waals surface area contributed by atoms with Crippen molar-refractivity contribution in [2.24, 2.45) is 0 Å². The lowest BCUT2D eigenvalue weighted by molar-refractivity contribution is 0.101. The Labute approximate surface area is 228 Å². The van der Waals surface area contributed by atoms with Crippen molar-refractivity contribution >= 4 is 40.3 Å². The van der Waals surface area contributed by atoms with Crippen molar-refractivity contribution in [3.63, 3.8) is 0 Å². The lowest BCUT2D eigenvalue weighted by atomic mass is 10.1. The summed E-state index contributed by atoms with van der Waals surface area (Å²) in [5.41, 5.74) is 7.38. The van der Waals surface area contributed by atoms with Gasteiger partial charge >= 0.3 is 0 Å². The van der Waals surface area contributed by atoms with Gasteiger partial charge in [0.05, 0.1) is 11.7 Å². The average Bonchev–Trinajstić information content (AvgIpc) is 3.29. The van der Waals surface area contributed by atoms with Crippen LogP contribution in [0.25, 0.3) is 0 Å². The van der Waals surface area contributed by atoms with Gasteiger partial charge in [0.2, 0.25) is 0 Å². The predicted molar refractivity (Wildman–Crippen MR) is 156 cm³/mol. The molecule has 0 radical (unpaired) electrons. The SMILES string of the molecule is Cc1[nH]cc(C(=O)Nc2ccc(Nc3ccc(NC(=O)c4ccc(N5CCC(O)CC5)cc4)cc3)cc2)c1C. The number of rotatable bonds is 7. The molecule has 1 aliphatic heterocycles. The molecule has 1 aromatic heterocycles. The van der Waals surface area contributed by atoms with E-state index in [1.807, 2.05) is 86.6 Å². The molecule has 0 bridgehead atoms. The molecule has 0 saturated carbocycles. The van der Waals surface area contributed by atoms with E-state index in [4.69, 9.17) is 0 Å².